The minimum absolute atomic E-state index is 0.123. The van der Waals surface area contributed by atoms with Gasteiger partial charge in [0.25, 0.3) is 5.91 Å². The van der Waals surface area contributed by atoms with Gasteiger partial charge in [-0.1, -0.05) is 48.5 Å². The number of phenolic OH excluding ortho intramolecular Hbond substituents is 1. The van der Waals surface area contributed by atoms with Crippen molar-refractivity contribution >= 4 is 40.2 Å². The largest absolute Gasteiger partial charge is 0.508 e. The molecule has 0 aromatic heterocycles. The number of fused-ring (bicyclic) bond motifs is 2. The van der Waals surface area contributed by atoms with Gasteiger partial charge in [0.05, 0.1) is 0 Å². The highest BCUT2D eigenvalue weighted by Gasteiger charge is 2.39. The molecule has 9 nitrogen and oxygen atoms in total. The third kappa shape index (κ3) is 7.13. The fraction of sp³-hybridized carbons (Fsp3) is 0.370. The van der Waals surface area contributed by atoms with Gasteiger partial charge in [-0.3, -0.25) is 24.6 Å². The van der Waals surface area contributed by atoms with Crippen LogP contribution in [0, 0.1) is 5.92 Å². The summed E-state index contributed by atoms with van der Waals surface area (Å²) in [5, 5.41) is 12.7. The molecule has 9 heteroatoms. The van der Waals surface area contributed by atoms with Gasteiger partial charge in [-0.25, -0.2) is 0 Å². The van der Waals surface area contributed by atoms with E-state index in [0.717, 1.165) is 76.3 Å². The first-order chi connectivity index (χ1) is 26.9. The van der Waals surface area contributed by atoms with Crippen LogP contribution in [0.1, 0.15) is 76.7 Å². The lowest BCUT2D eigenvalue weighted by molar-refractivity contribution is -0.136. The number of carbonyl (C=O) groups is 3. The van der Waals surface area contributed by atoms with E-state index in [2.05, 4.69) is 86.7 Å². The van der Waals surface area contributed by atoms with Gasteiger partial charge in [-0.05, 0) is 126 Å². The first-order valence-corrected chi connectivity index (χ1v) is 20.1. The van der Waals surface area contributed by atoms with E-state index in [4.69, 9.17) is 0 Å². The molecule has 4 aromatic carbocycles. The molecule has 5 aliphatic rings. The van der Waals surface area contributed by atoms with E-state index in [0.29, 0.717) is 30.2 Å². The molecule has 0 saturated carbocycles. The molecule has 0 spiro atoms. The summed E-state index contributed by atoms with van der Waals surface area (Å²) in [4.78, 5) is 46.5. The standard InChI is InChI=1S/C46H49N5O4/c52-38-14-16-40-34(28-38)7-4-8-39(32-5-2-1-3-6-32)44(40)33-9-11-36(12-10-33)49-21-19-31(20-22-49)29-48-23-25-50(26-24-48)37-13-15-41-35(27-37)30-51(46(41)55)42-17-18-43(53)47-45(42)54/h1-3,5-6,9-16,27-28,31,42,52H,4,7-8,17-26,29-30H2,(H,47,53,54). The molecule has 55 heavy (non-hydrogen) atoms. The van der Waals surface area contributed by atoms with Crippen molar-refractivity contribution in [3.63, 3.8) is 0 Å². The summed E-state index contributed by atoms with van der Waals surface area (Å²) in [6.07, 6.45) is 6.03. The van der Waals surface area contributed by atoms with Crippen LogP contribution in [0.5, 0.6) is 5.75 Å². The molecule has 0 bridgehead atoms. The lowest BCUT2D eigenvalue weighted by atomic mass is 9.87. The van der Waals surface area contributed by atoms with E-state index in [1.165, 1.54) is 51.9 Å². The maximum absolute atomic E-state index is 13.2. The Hall–Kier alpha value is -5.41. The second kappa shape index (κ2) is 15.0. The van der Waals surface area contributed by atoms with Crippen LogP contribution in [-0.4, -0.2) is 84.5 Å². The Morgan fingerprint density at radius 1 is 0.655 bits per heavy atom. The van der Waals surface area contributed by atoms with Crippen molar-refractivity contribution in [1.82, 2.24) is 15.1 Å². The van der Waals surface area contributed by atoms with Crippen LogP contribution in [0.15, 0.2) is 91.0 Å². The zero-order valence-corrected chi connectivity index (χ0v) is 31.4. The van der Waals surface area contributed by atoms with Gasteiger partial charge >= 0.3 is 0 Å². The van der Waals surface area contributed by atoms with Crippen molar-refractivity contribution in [1.29, 1.82) is 0 Å². The molecular weight excluding hydrogens is 687 g/mol. The monoisotopic (exact) mass is 735 g/mol. The molecule has 4 heterocycles. The van der Waals surface area contributed by atoms with Crippen molar-refractivity contribution in [2.45, 2.75) is 57.5 Å². The predicted octanol–water partition coefficient (Wildman–Crippen LogP) is 6.49. The first-order valence-electron chi connectivity index (χ1n) is 20.1. The van der Waals surface area contributed by atoms with E-state index in [9.17, 15) is 19.5 Å². The smallest absolute Gasteiger partial charge is 0.255 e. The van der Waals surface area contributed by atoms with E-state index >= 15 is 0 Å². The maximum atomic E-state index is 13.2. The quantitative estimate of drug-likeness (QED) is 0.210. The number of carbonyl (C=O) groups excluding carboxylic acids is 3. The molecule has 3 amide bonds. The number of phenols is 1. The van der Waals surface area contributed by atoms with E-state index in [-0.39, 0.29) is 24.1 Å². The summed E-state index contributed by atoms with van der Waals surface area (Å²) in [5.74, 6) is 0.256. The van der Waals surface area contributed by atoms with Crippen molar-refractivity contribution in [3.05, 3.63) is 124 Å². The summed E-state index contributed by atoms with van der Waals surface area (Å²) in [6, 6.07) is 31.3. The zero-order valence-electron chi connectivity index (χ0n) is 31.4. The lowest BCUT2D eigenvalue weighted by Crippen LogP contribution is -2.52. The molecule has 1 aliphatic carbocycles. The maximum Gasteiger partial charge on any atom is 0.255 e. The predicted molar refractivity (Wildman–Crippen MR) is 216 cm³/mol. The van der Waals surface area contributed by atoms with Gasteiger partial charge in [-0.2, -0.15) is 0 Å². The Kier molecular flexibility index (Phi) is 9.64. The van der Waals surface area contributed by atoms with Crippen molar-refractivity contribution < 1.29 is 19.5 Å². The Morgan fingerprint density at radius 3 is 2.15 bits per heavy atom. The van der Waals surface area contributed by atoms with Gasteiger partial charge < -0.3 is 19.8 Å². The second-order valence-corrected chi connectivity index (χ2v) is 15.9. The molecule has 282 valence electrons. The molecular formula is C46H49N5O4. The number of aromatic hydroxyl groups is 1. The van der Waals surface area contributed by atoms with Gasteiger partial charge in [0.1, 0.15) is 11.8 Å². The summed E-state index contributed by atoms with van der Waals surface area (Å²) >= 11 is 0. The lowest BCUT2D eigenvalue weighted by Gasteiger charge is -2.40. The number of allylic oxidation sites excluding steroid dienone is 1. The Labute approximate surface area is 323 Å². The highest BCUT2D eigenvalue weighted by atomic mass is 16.3. The van der Waals surface area contributed by atoms with Gasteiger partial charge in [-0.15, -0.1) is 0 Å². The molecule has 4 aromatic rings. The van der Waals surface area contributed by atoms with Crippen molar-refractivity contribution in [3.8, 4) is 5.75 Å². The fourth-order valence-corrected chi connectivity index (χ4v) is 9.56. The van der Waals surface area contributed by atoms with E-state index in [1.807, 2.05) is 24.3 Å². The number of piperazine rings is 1. The molecule has 1 atom stereocenters. The number of anilines is 2. The number of imide groups is 1. The van der Waals surface area contributed by atoms with Crippen LogP contribution in [0.25, 0.3) is 11.1 Å². The van der Waals surface area contributed by atoms with Crippen LogP contribution >= 0.6 is 0 Å². The molecule has 3 fully saturated rings. The number of hydrogen-bond acceptors (Lipinski definition) is 7. The third-order valence-electron chi connectivity index (χ3n) is 12.6. The van der Waals surface area contributed by atoms with Crippen molar-refractivity contribution in [2.75, 3.05) is 55.6 Å². The SMILES string of the molecule is O=C1CCC(N2Cc3cc(N4CCN(CC5CCN(c6ccc(C7=C(c8ccccc8)CCCc8cc(O)ccc87)cc6)CC5)CC4)ccc3C2=O)C(=O)N1. The molecule has 3 saturated heterocycles. The minimum atomic E-state index is -0.587. The molecule has 0 radical (unpaired) electrons. The number of piperidine rings is 2. The van der Waals surface area contributed by atoms with Crippen molar-refractivity contribution in [2.24, 2.45) is 5.92 Å². The van der Waals surface area contributed by atoms with Crippen LogP contribution in [0.2, 0.25) is 0 Å². The second-order valence-electron chi connectivity index (χ2n) is 15.9. The number of nitrogens with one attached hydrogen (secondary N) is 1. The Balaban J connectivity index is 0.798. The normalized spacial score (nSPS) is 21.1. The minimum Gasteiger partial charge on any atom is -0.508 e. The Bertz CT molecular complexity index is 2130. The number of benzene rings is 4. The van der Waals surface area contributed by atoms with E-state index < -0.39 is 6.04 Å². The molecule has 4 aliphatic heterocycles. The van der Waals surface area contributed by atoms with Gasteiger partial charge in [0, 0.05) is 75.7 Å². The fourth-order valence-electron chi connectivity index (χ4n) is 9.56. The molecule has 9 rings (SSSR count). The summed E-state index contributed by atoms with van der Waals surface area (Å²) in [5.41, 5.74) is 11.6. The van der Waals surface area contributed by atoms with E-state index in [1.54, 1.807) is 4.90 Å². The number of amides is 3. The zero-order chi connectivity index (χ0) is 37.5. The van der Waals surface area contributed by atoms with Gasteiger partial charge in [0.2, 0.25) is 11.8 Å². The Morgan fingerprint density at radius 2 is 1.38 bits per heavy atom. The average molecular weight is 736 g/mol. The highest BCUT2D eigenvalue weighted by molar-refractivity contribution is 6.05. The van der Waals surface area contributed by atoms with Gasteiger partial charge in [0.15, 0.2) is 0 Å². The van der Waals surface area contributed by atoms with Crippen LogP contribution < -0.4 is 15.1 Å². The third-order valence-corrected chi connectivity index (χ3v) is 12.6. The first kappa shape index (κ1) is 35.3. The number of aryl methyl sites for hydroxylation is 1. The molecule has 2 N–H and O–H groups in total. The topological polar surface area (TPSA) is 96.4 Å². The van der Waals surface area contributed by atoms with Crippen LogP contribution in [-0.2, 0) is 22.6 Å². The molecule has 1 unspecified atom stereocenters. The summed E-state index contributed by atoms with van der Waals surface area (Å²) in [6.45, 7) is 7.59. The average Bonchev–Trinajstić information content (AvgIpc) is 3.41. The van der Waals surface area contributed by atoms with Crippen LogP contribution in [0.4, 0.5) is 11.4 Å². The van der Waals surface area contributed by atoms with Crippen LogP contribution in [0.3, 0.4) is 0 Å². The summed E-state index contributed by atoms with van der Waals surface area (Å²) in [7, 11) is 0. The number of rotatable bonds is 7. The number of nitrogens with zero attached hydrogens (tertiary/aromatic N) is 4. The number of hydrogen-bond donors (Lipinski definition) is 2. The highest BCUT2D eigenvalue weighted by Crippen LogP contribution is 2.41. The summed E-state index contributed by atoms with van der Waals surface area (Å²) < 4.78 is 0.